The zero-order valence-corrected chi connectivity index (χ0v) is 14.6. The number of nitrogens with one attached hydrogen (secondary N) is 1. The average Bonchev–Trinajstić information content (AvgIpc) is 2.95. The molecule has 0 aromatic heterocycles. The topological polar surface area (TPSA) is 32.3 Å². The van der Waals surface area contributed by atoms with E-state index >= 15 is 0 Å². The molecule has 1 spiro atoms. The van der Waals surface area contributed by atoms with E-state index in [2.05, 4.69) is 22.3 Å². The van der Waals surface area contributed by atoms with Crippen molar-refractivity contribution in [1.29, 1.82) is 0 Å². The van der Waals surface area contributed by atoms with Crippen molar-refractivity contribution in [3.05, 3.63) is 71.3 Å². The Bertz CT molecular complexity index is 811. The third kappa shape index (κ3) is 3.23. The van der Waals surface area contributed by atoms with Gasteiger partial charge in [-0.05, 0) is 36.1 Å². The standard InChI is InChI=1S/C21H22F2N2O/c22-18-9-8-16(11-19(18)23)17-13-25(12-15-5-2-1-3-6-15)14-21(17)10-4-7-20(26)24-21/h1-3,5-6,8-9,11,17H,4,7,10,12-14H2,(H,24,26)/t17-,21+/m0/s1. The van der Waals surface area contributed by atoms with Crippen molar-refractivity contribution >= 4 is 5.91 Å². The second-order valence-corrected chi connectivity index (χ2v) is 7.44. The number of carbonyl (C=O) groups excluding carboxylic acids is 1. The Hall–Kier alpha value is -2.27. The van der Waals surface area contributed by atoms with Crippen LogP contribution in [0.5, 0.6) is 0 Å². The van der Waals surface area contributed by atoms with Crippen molar-refractivity contribution in [3.8, 4) is 0 Å². The van der Waals surface area contributed by atoms with Gasteiger partial charge in [-0.2, -0.15) is 0 Å². The summed E-state index contributed by atoms with van der Waals surface area (Å²) in [5, 5.41) is 3.19. The molecule has 136 valence electrons. The summed E-state index contributed by atoms with van der Waals surface area (Å²) in [5.74, 6) is -1.67. The first kappa shape index (κ1) is 17.2. The third-order valence-electron chi connectivity index (χ3n) is 5.62. The number of halogens is 2. The Balaban J connectivity index is 1.64. The molecule has 2 saturated heterocycles. The van der Waals surface area contributed by atoms with Crippen molar-refractivity contribution in [2.75, 3.05) is 13.1 Å². The maximum Gasteiger partial charge on any atom is 0.220 e. The molecule has 1 amide bonds. The smallest absolute Gasteiger partial charge is 0.220 e. The van der Waals surface area contributed by atoms with Crippen molar-refractivity contribution in [2.45, 2.75) is 37.3 Å². The zero-order valence-electron chi connectivity index (χ0n) is 14.6. The van der Waals surface area contributed by atoms with E-state index in [0.29, 0.717) is 13.0 Å². The molecule has 2 fully saturated rings. The van der Waals surface area contributed by atoms with Crippen LogP contribution in [0.4, 0.5) is 8.78 Å². The number of benzene rings is 2. The van der Waals surface area contributed by atoms with Crippen LogP contribution in [0.15, 0.2) is 48.5 Å². The molecule has 0 unspecified atom stereocenters. The summed E-state index contributed by atoms with van der Waals surface area (Å²) in [6.07, 6.45) is 2.21. The summed E-state index contributed by atoms with van der Waals surface area (Å²) in [7, 11) is 0. The van der Waals surface area contributed by atoms with E-state index in [-0.39, 0.29) is 11.8 Å². The number of piperidine rings is 1. The molecule has 2 aromatic rings. The highest BCUT2D eigenvalue weighted by atomic mass is 19.2. The fourth-order valence-corrected chi connectivity index (χ4v) is 4.47. The molecule has 0 bridgehead atoms. The summed E-state index contributed by atoms with van der Waals surface area (Å²) < 4.78 is 27.2. The predicted octanol–water partition coefficient (Wildman–Crippen LogP) is 3.60. The molecule has 5 heteroatoms. The van der Waals surface area contributed by atoms with Gasteiger partial charge >= 0.3 is 0 Å². The summed E-state index contributed by atoms with van der Waals surface area (Å²) in [5.41, 5.74) is 1.55. The van der Waals surface area contributed by atoms with Gasteiger partial charge in [0, 0.05) is 32.0 Å². The van der Waals surface area contributed by atoms with Crippen LogP contribution >= 0.6 is 0 Å². The number of rotatable bonds is 3. The molecular formula is C21H22F2N2O. The fourth-order valence-electron chi connectivity index (χ4n) is 4.47. The fraction of sp³-hybridized carbons (Fsp3) is 0.381. The maximum absolute atomic E-state index is 13.8. The molecule has 0 saturated carbocycles. The van der Waals surface area contributed by atoms with Gasteiger partial charge in [0.1, 0.15) is 0 Å². The van der Waals surface area contributed by atoms with Crippen molar-refractivity contribution in [1.82, 2.24) is 10.2 Å². The number of carbonyl (C=O) groups is 1. The molecule has 2 aromatic carbocycles. The number of hydrogen-bond acceptors (Lipinski definition) is 2. The molecule has 2 aliphatic rings. The van der Waals surface area contributed by atoms with Crippen LogP contribution in [-0.2, 0) is 11.3 Å². The summed E-state index contributed by atoms with van der Waals surface area (Å²) in [6.45, 7) is 2.20. The van der Waals surface area contributed by atoms with Crippen LogP contribution < -0.4 is 5.32 Å². The van der Waals surface area contributed by atoms with Gasteiger partial charge in [-0.15, -0.1) is 0 Å². The molecule has 2 heterocycles. The monoisotopic (exact) mass is 356 g/mol. The van der Waals surface area contributed by atoms with Gasteiger partial charge in [-0.3, -0.25) is 9.69 Å². The van der Waals surface area contributed by atoms with E-state index in [1.807, 2.05) is 18.2 Å². The van der Waals surface area contributed by atoms with Crippen LogP contribution in [0.25, 0.3) is 0 Å². The van der Waals surface area contributed by atoms with Gasteiger partial charge in [0.25, 0.3) is 0 Å². The SMILES string of the molecule is O=C1CCC[C@]2(CN(Cc3ccccc3)C[C@H]2c2ccc(F)c(F)c2)N1. The van der Waals surface area contributed by atoms with Crippen LogP contribution in [0, 0.1) is 11.6 Å². The third-order valence-corrected chi connectivity index (χ3v) is 5.62. The Morgan fingerprint density at radius 2 is 1.92 bits per heavy atom. The van der Waals surface area contributed by atoms with E-state index in [1.165, 1.54) is 17.7 Å². The highest BCUT2D eigenvalue weighted by Crippen LogP contribution is 2.42. The molecule has 2 aliphatic heterocycles. The first-order valence-corrected chi connectivity index (χ1v) is 9.08. The molecule has 1 N–H and O–H groups in total. The summed E-state index contributed by atoms with van der Waals surface area (Å²) >= 11 is 0. The van der Waals surface area contributed by atoms with Gasteiger partial charge in [0.2, 0.25) is 5.91 Å². The lowest BCUT2D eigenvalue weighted by Gasteiger charge is -2.39. The van der Waals surface area contributed by atoms with Gasteiger partial charge in [0.15, 0.2) is 11.6 Å². The van der Waals surface area contributed by atoms with Crippen molar-refractivity contribution in [2.24, 2.45) is 0 Å². The maximum atomic E-state index is 13.8. The second-order valence-electron chi connectivity index (χ2n) is 7.44. The molecule has 0 aliphatic carbocycles. The van der Waals surface area contributed by atoms with Crippen LogP contribution in [0.3, 0.4) is 0 Å². The number of likely N-dealkylation sites (tertiary alicyclic amines) is 1. The molecule has 2 atom stereocenters. The van der Waals surface area contributed by atoms with E-state index in [4.69, 9.17) is 0 Å². The molecule has 4 rings (SSSR count). The van der Waals surface area contributed by atoms with Gasteiger partial charge in [0.05, 0.1) is 5.54 Å². The Kier molecular flexibility index (Phi) is 4.49. The van der Waals surface area contributed by atoms with E-state index in [0.717, 1.165) is 31.5 Å². The van der Waals surface area contributed by atoms with E-state index in [9.17, 15) is 13.6 Å². The Labute approximate surface area is 152 Å². The highest BCUT2D eigenvalue weighted by molar-refractivity contribution is 5.78. The first-order chi connectivity index (χ1) is 12.6. The minimum atomic E-state index is -0.838. The lowest BCUT2D eigenvalue weighted by Crippen LogP contribution is -2.56. The summed E-state index contributed by atoms with van der Waals surface area (Å²) in [6, 6.07) is 14.3. The van der Waals surface area contributed by atoms with Crippen LogP contribution in [-0.4, -0.2) is 29.4 Å². The lowest BCUT2D eigenvalue weighted by molar-refractivity contribution is -0.125. The van der Waals surface area contributed by atoms with Gasteiger partial charge < -0.3 is 5.32 Å². The van der Waals surface area contributed by atoms with Gasteiger partial charge in [-0.25, -0.2) is 8.78 Å². The summed E-state index contributed by atoms with van der Waals surface area (Å²) in [4.78, 5) is 14.4. The number of hydrogen-bond donors (Lipinski definition) is 1. The van der Waals surface area contributed by atoms with Crippen molar-refractivity contribution < 1.29 is 13.6 Å². The molecule has 3 nitrogen and oxygen atoms in total. The minimum Gasteiger partial charge on any atom is -0.349 e. The van der Waals surface area contributed by atoms with Crippen LogP contribution in [0.1, 0.15) is 36.3 Å². The molecular weight excluding hydrogens is 334 g/mol. The van der Waals surface area contributed by atoms with Gasteiger partial charge in [-0.1, -0.05) is 36.4 Å². The van der Waals surface area contributed by atoms with Crippen LogP contribution in [0.2, 0.25) is 0 Å². The quantitative estimate of drug-likeness (QED) is 0.911. The first-order valence-electron chi connectivity index (χ1n) is 9.08. The van der Waals surface area contributed by atoms with E-state index < -0.39 is 17.2 Å². The predicted molar refractivity (Wildman–Crippen MR) is 95.5 cm³/mol. The van der Waals surface area contributed by atoms with E-state index in [1.54, 1.807) is 6.07 Å². The van der Waals surface area contributed by atoms with Crippen molar-refractivity contribution in [3.63, 3.8) is 0 Å². The largest absolute Gasteiger partial charge is 0.349 e. The average molecular weight is 356 g/mol. The normalized spacial score (nSPS) is 26.2. The zero-order chi connectivity index (χ0) is 18.1. The highest BCUT2D eigenvalue weighted by Gasteiger charge is 2.49. The second kappa shape index (κ2) is 6.80. The molecule has 26 heavy (non-hydrogen) atoms. The minimum absolute atomic E-state index is 0.0467. The Morgan fingerprint density at radius 1 is 1.12 bits per heavy atom. The molecule has 0 radical (unpaired) electrons. The Morgan fingerprint density at radius 3 is 2.65 bits per heavy atom. The number of nitrogens with zero attached hydrogens (tertiary/aromatic N) is 1. The lowest BCUT2D eigenvalue weighted by atomic mass is 9.76. The number of amides is 1.